The third kappa shape index (κ3) is 1.16. The molecular weight excluding hydrogens is 185 g/mol. The summed E-state index contributed by atoms with van der Waals surface area (Å²) in [4.78, 5) is 3.42. The van der Waals surface area contributed by atoms with Crippen LogP contribution < -0.4 is 4.74 Å². The van der Waals surface area contributed by atoms with Crippen molar-refractivity contribution in [3.63, 3.8) is 0 Å². The molecule has 3 nitrogen and oxygen atoms in total. The summed E-state index contributed by atoms with van der Waals surface area (Å²) in [5, 5.41) is 10.4. The number of ether oxygens (including phenoxy) is 1. The van der Waals surface area contributed by atoms with E-state index in [0.717, 1.165) is 0 Å². The van der Waals surface area contributed by atoms with Gasteiger partial charge in [-0.15, -0.1) is 0 Å². The van der Waals surface area contributed by atoms with Crippen molar-refractivity contribution in [3.05, 3.63) is 30.3 Å². The van der Waals surface area contributed by atoms with E-state index in [1.165, 1.54) is 13.3 Å². The van der Waals surface area contributed by atoms with Crippen LogP contribution in [0.4, 0.5) is 4.39 Å². The van der Waals surface area contributed by atoms with E-state index in [0.29, 0.717) is 16.5 Å². The van der Waals surface area contributed by atoms with Gasteiger partial charge in [-0.1, -0.05) is 12.1 Å². The van der Waals surface area contributed by atoms with Gasteiger partial charge in [0.25, 0.3) is 5.95 Å². The minimum atomic E-state index is -0.870. The third-order valence-corrected chi connectivity index (χ3v) is 2.04. The van der Waals surface area contributed by atoms with Gasteiger partial charge in [-0.3, -0.25) is 0 Å². The van der Waals surface area contributed by atoms with Crippen LogP contribution in [0, 0.1) is 5.95 Å². The van der Waals surface area contributed by atoms with E-state index in [-0.39, 0.29) is 0 Å². The number of nitrogens with zero attached hydrogens (tertiary/aromatic N) is 1. The van der Waals surface area contributed by atoms with Crippen molar-refractivity contribution >= 4 is 10.8 Å². The molecule has 1 heterocycles. The maximum atomic E-state index is 12.9. The second-order valence-corrected chi connectivity index (χ2v) is 2.82. The molecule has 0 aliphatic carbocycles. The molecule has 72 valence electrons. The van der Waals surface area contributed by atoms with Gasteiger partial charge in [0.2, 0.25) is 0 Å². The number of pyridine rings is 1. The number of hydrogen-bond donors (Lipinski definition) is 1. The van der Waals surface area contributed by atoms with Crippen molar-refractivity contribution in [1.82, 2.24) is 4.98 Å². The van der Waals surface area contributed by atoms with Crippen molar-refractivity contribution in [1.29, 1.82) is 0 Å². The van der Waals surface area contributed by atoms with Crippen LogP contribution >= 0.6 is 0 Å². The first kappa shape index (κ1) is 8.74. The Labute approximate surface area is 79.8 Å². The van der Waals surface area contributed by atoms with Gasteiger partial charge >= 0.3 is 0 Å². The summed E-state index contributed by atoms with van der Waals surface area (Å²) in [6.07, 6.45) is 1.34. The highest BCUT2D eigenvalue weighted by Crippen LogP contribution is 2.31. The van der Waals surface area contributed by atoms with Gasteiger partial charge in [-0.25, -0.2) is 4.98 Å². The number of methoxy groups -OCH3 is 1. The lowest BCUT2D eigenvalue weighted by Crippen LogP contribution is -1.88. The fraction of sp³-hybridized carbons (Fsp3) is 0.100. The Hall–Kier alpha value is -1.84. The van der Waals surface area contributed by atoms with Crippen molar-refractivity contribution in [2.75, 3.05) is 7.11 Å². The first-order chi connectivity index (χ1) is 6.74. The topological polar surface area (TPSA) is 42.4 Å². The molecule has 14 heavy (non-hydrogen) atoms. The number of rotatable bonds is 1. The molecule has 2 rings (SSSR count). The third-order valence-electron chi connectivity index (χ3n) is 2.04. The lowest BCUT2D eigenvalue weighted by molar-refractivity contribution is 0.415. The van der Waals surface area contributed by atoms with Gasteiger partial charge in [0.05, 0.1) is 7.11 Å². The number of benzene rings is 1. The average molecular weight is 193 g/mol. The fourth-order valence-corrected chi connectivity index (χ4v) is 1.36. The van der Waals surface area contributed by atoms with Gasteiger partial charge in [0, 0.05) is 17.0 Å². The Morgan fingerprint density at radius 1 is 1.36 bits per heavy atom. The van der Waals surface area contributed by atoms with Crippen LogP contribution in [-0.2, 0) is 0 Å². The van der Waals surface area contributed by atoms with Crippen molar-refractivity contribution in [2.45, 2.75) is 0 Å². The maximum absolute atomic E-state index is 12.9. The standard InChI is InChI=1S/C10H8FNO2/c1-14-8-4-2-3-6-7(8)5-12-10(11)9(6)13/h2-5,13H,1H3. The van der Waals surface area contributed by atoms with E-state index in [4.69, 9.17) is 4.74 Å². The average Bonchev–Trinajstić information content (AvgIpc) is 2.23. The van der Waals surface area contributed by atoms with Crippen LogP contribution in [0.3, 0.4) is 0 Å². The van der Waals surface area contributed by atoms with E-state index in [9.17, 15) is 9.50 Å². The minimum absolute atomic E-state index is 0.400. The first-order valence-corrected chi connectivity index (χ1v) is 4.04. The summed E-state index contributed by atoms with van der Waals surface area (Å²) in [6, 6.07) is 5.01. The molecule has 0 amide bonds. The monoisotopic (exact) mass is 193 g/mol. The molecule has 2 aromatic rings. The molecule has 0 saturated heterocycles. The number of fused-ring (bicyclic) bond motifs is 1. The van der Waals surface area contributed by atoms with Crippen LogP contribution in [0.2, 0.25) is 0 Å². The van der Waals surface area contributed by atoms with Crippen molar-refractivity contribution < 1.29 is 14.2 Å². The summed E-state index contributed by atoms with van der Waals surface area (Å²) in [6.45, 7) is 0. The van der Waals surface area contributed by atoms with Crippen molar-refractivity contribution in [2.24, 2.45) is 0 Å². The highest BCUT2D eigenvalue weighted by Gasteiger charge is 2.09. The summed E-state index contributed by atoms with van der Waals surface area (Å²) in [5.41, 5.74) is 0. The van der Waals surface area contributed by atoms with E-state index in [1.807, 2.05) is 0 Å². The molecule has 0 atom stereocenters. The second kappa shape index (κ2) is 3.14. The Bertz CT molecular complexity index is 485. The Morgan fingerprint density at radius 2 is 2.14 bits per heavy atom. The molecule has 0 fully saturated rings. The van der Waals surface area contributed by atoms with Crippen LogP contribution in [0.5, 0.6) is 11.5 Å². The summed E-state index contributed by atoms with van der Waals surface area (Å²) >= 11 is 0. The quantitative estimate of drug-likeness (QED) is 0.705. The lowest BCUT2D eigenvalue weighted by atomic mass is 10.1. The smallest absolute Gasteiger partial charge is 0.255 e. The molecule has 0 unspecified atom stereocenters. The van der Waals surface area contributed by atoms with Gasteiger partial charge in [0.15, 0.2) is 5.75 Å². The molecule has 0 bridgehead atoms. The molecule has 1 N–H and O–H groups in total. The number of aromatic nitrogens is 1. The van der Waals surface area contributed by atoms with Crippen LogP contribution in [0.25, 0.3) is 10.8 Å². The van der Waals surface area contributed by atoms with Crippen LogP contribution in [0.1, 0.15) is 0 Å². The molecule has 0 spiro atoms. The minimum Gasteiger partial charge on any atom is -0.503 e. The summed E-state index contributed by atoms with van der Waals surface area (Å²) in [7, 11) is 1.51. The summed E-state index contributed by atoms with van der Waals surface area (Å²) < 4.78 is 17.9. The summed E-state index contributed by atoms with van der Waals surface area (Å²) in [5.74, 6) is -0.752. The van der Waals surface area contributed by atoms with E-state index < -0.39 is 11.7 Å². The molecule has 0 aliphatic heterocycles. The SMILES string of the molecule is COc1cccc2c(O)c(F)ncc12. The molecule has 0 radical (unpaired) electrons. The van der Waals surface area contributed by atoms with Crippen LogP contribution in [-0.4, -0.2) is 17.2 Å². The highest BCUT2D eigenvalue weighted by atomic mass is 19.1. The number of aromatic hydroxyl groups is 1. The first-order valence-electron chi connectivity index (χ1n) is 4.04. The molecule has 1 aromatic carbocycles. The molecule has 0 saturated carbocycles. The zero-order valence-electron chi connectivity index (χ0n) is 7.49. The fourth-order valence-electron chi connectivity index (χ4n) is 1.36. The Balaban J connectivity index is 2.86. The normalized spacial score (nSPS) is 10.4. The van der Waals surface area contributed by atoms with E-state index in [2.05, 4.69) is 4.98 Å². The Morgan fingerprint density at radius 3 is 2.86 bits per heavy atom. The number of halogens is 1. The number of hydrogen-bond acceptors (Lipinski definition) is 3. The highest BCUT2D eigenvalue weighted by molar-refractivity contribution is 5.91. The van der Waals surface area contributed by atoms with E-state index in [1.54, 1.807) is 18.2 Å². The van der Waals surface area contributed by atoms with Gasteiger partial charge in [0.1, 0.15) is 5.75 Å². The maximum Gasteiger partial charge on any atom is 0.255 e. The van der Waals surface area contributed by atoms with Gasteiger partial charge in [-0.05, 0) is 6.07 Å². The molecule has 0 aliphatic rings. The largest absolute Gasteiger partial charge is 0.503 e. The molecule has 4 heteroatoms. The Kier molecular flexibility index (Phi) is 1.96. The zero-order chi connectivity index (χ0) is 10.1. The van der Waals surface area contributed by atoms with Crippen molar-refractivity contribution in [3.8, 4) is 11.5 Å². The van der Waals surface area contributed by atoms with Gasteiger partial charge in [-0.2, -0.15) is 4.39 Å². The predicted molar refractivity (Wildman–Crippen MR) is 49.9 cm³/mol. The predicted octanol–water partition coefficient (Wildman–Crippen LogP) is 2.09. The second-order valence-electron chi connectivity index (χ2n) is 2.82. The van der Waals surface area contributed by atoms with Gasteiger partial charge < -0.3 is 9.84 Å². The van der Waals surface area contributed by atoms with Crippen LogP contribution in [0.15, 0.2) is 24.4 Å². The molecule has 1 aromatic heterocycles. The van der Waals surface area contributed by atoms with E-state index >= 15 is 0 Å². The lowest BCUT2D eigenvalue weighted by Gasteiger charge is -2.05. The zero-order valence-corrected chi connectivity index (χ0v) is 7.49. The molecular formula is C10H8FNO2.